The maximum Gasteiger partial charge on any atom is 0.0554 e. The van der Waals surface area contributed by atoms with Crippen LogP contribution in [0.25, 0.3) is 0 Å². The van der Waals surface area contributed by atoms with Crippen molar-refractivity contribution in [1.29, 1.82) is 0 Å². The third kappa shape index (κ3) is 2.07. The van der Waals surface area contributed by atoms with Crippen LogP contribution in [-0.4, -0.2) is 0 Å². The van der Waals surface area contributed by atoms with Gasteiger partial charge in [-0.25, -0.2) is 0 Å². The molecule has 112 valence electrons. The number of rotatable bonds is 1. The lowest BCUT2D eigenvalue weighted by molar-refractivity contribution is 0.425. The molecule has 0 saturated carbocycles. The van der Waals surface area contributed by atoms with E-state index in [4.69, 9.17) is 11.6 Å². The topological polar surface area (TPSA) is 12.0 Å². The molecule has 3 unspecified atom stereocenters. The van der Waals surface area contributed by atoms with Crippen molar-refractivity contribution in [2.45, 2.75) is 32.2 Å². The number of halogens is 1. The normalized spacial score (nSPS) is 25.5. The van der Waals surface area contributed by atoms with Crippen molar-refractivity contribution in [2.24, 2.45) is 5.92 Å². The summed E-state index contributed by atoms with van der Waals surface area (Å²) in [4.78, 5) is 0. The zero-order valence-electron chi connectivity index (χ0n) is 12.9. The summed E-state index contributed by atoms with van der Waals surface area (Å²) < 4.78 is 0. The van der Waals surface area contributed by atoms with Crippen LogP contribution < -0.4 is 5.32 Å². The van der Waals surface area contributed by atoms with Crippen molar-refractivity contribution >= 4 is 17.3 Å². The number of aryl methyl sites for hydroxylation is 2. The molecule has 0 fully saturated rings. The first-order chi connectivity index (χ1) is 10.6. The van der Waals surface area contributed by atoms with Crippen LogP contribution in [0.15, 0.2) is 48.6 Å². The van der Waals surface area contributed by atoms with Gasteiger partial charge in [-0.05, 0) is 43.4 Å². The molecule has 1 nitrogen and oxygen atoms in total. The Morgan fingerprint density at radius 3 is 2.59 bits per heavy atom. The fourth-order valence-electron chi connectivity index (χ4n) is 3.91. The van der Waals surface area contributed by atoms with E-state index in [1.807, 2.05) is 6.07 Å². The molecule has 2 heteroatoms. The third-order valence-corrected chi connectivity index (χ3v) is 5.44. The second-order valence-electron chi connectivity index (χ2n) is 6.54. The first kappa shape index (κ1) is 13.9. The summed E-state index contributed by atoms with van der Waals surface area (Å²) in [5, 5.41) is 4.67. The molecule has 0 saturated heterocycles. The van der Waals surface area contributed by atoms with Gasteiger partial charge in [0, 0.05) is 22.2 Å². The number of anilines is 1. The minimum absolute atomic E-state index is 0.352. The van der Waals surface area contributed by atoms with E-state index in [2.05, 4.69) is 61.6 Å². The highest BCUT2D eigenvalue weighted by Crippen LogP contribution is 2.52. The molecule has 1 aliphatic carbocycles. The highest BCUT2D eigenvalue weighted by molar-refractivity contribution is 6.32. The van der Waals surface area contributed by atoms with E-state index in [1.165, 1.54) is 27.9 Å². The lowest BCUT2D eigenvalue weighted by atomic mass is 9.76. The molecule has 0 bridgehead atoms. The average molecular weight is 310 g/mol. The molecule has 0 amide bonds. The van der Waals surface area contributed by atoms with Gasteiger partial charge in [0.15, 0.2) is 0 Å². The molecule has 0 radical (unpaired) electrons. The van der Waals surface area contributed by atoms with Gasteiger partial charge < -0.3 is 5.32 Å². The Kier molecular flexibility index (Phi) is 3.27. The van der Waals surface area contributed by atoms with Crippen LogP contribution >= 0.6 is 11.6 Å². The molecule has 3 atom stereocenters. The number of allylic oxidation sites excluding steroid dienone is 2. The summed E-state index contributed by atoms with van der Waals surface area (Å²) in [6.07, 6.45) is 5.77. The lowest BCUT2D eigenvalue weighted by Gasteiger charge is -2.38. The van der Waals surface area contributed by atoms with Crippen molar-refractivity contribution in [3.05, 3.63) is 75.8 Å². The second kappa shape index (κ2) is 5.17. The predicted molar refractivity (Wildman–Crippen MR) is 93.7 cm³/mol. The van der Waals surface area contributed by atoms with Gasteiger partial charge in [0.2, 0.25) is 0 Å². The van der Waals surface area contributed by atoms with E-state index in [-0.39, 0.29) is 0 Å². The zero-order chi connectivity index (χ0) is 15.3. The van der Waals surface area contributed by atoms with E-state index < -0.39 is 0 Å². The van der Waals surface area contributed by atoms with Crippen molar-refractivity contribution in [2.75, 3.05) is 5.32 Å². The van der Waals surface area contributed by atoms with Gasteiger partial charge in [-0.15, -0.1) is 0 Å². The van der Waals surface area contributed by atoms with Crippen molar-refractivity contribution in [3.8, 4) is 0 Å². The van der Waals surface area contributed by atoms with Crippen LogP contribution in [0.3, 0.4) is 0 Å². The third-order valence-electron chi connectivity index (χ3n) is 5.11. The highest BCUT2D eigenvalue weighted by Gasteiger charge is 2.39. The number of benzene rings is 2. The average Bonchev–Trinajstić information content (AvgIpc) is 3.00. The molecular weight excluding hydrogens is 290 g/mol. The highest BCUT2D eigenvalue weighted by atomic mass is 35.5. The van der Waals surface area contributed by atoms with Gasteiger partial charge >= 0.3 is 0 Å². The smallest absolute Gasteiger partial charge is 0.0554 e. The number of nitrogens with one attached hydrogen (secondary N) is 1. The number of hydrogen-bond donors (Lipinski definition) is 1. The van der Waals surface area contributed by atoms with E-state index in [0.717, 1.165) is 11.4 Å². The van der Waals surface area contributed by atoms with Gasteiger partial charge in [0.25, 0.3) is 0 Å². The van der Waals surface area contributed by atoms with Gasteiger partial charge in [-0.3, -0.25) is 0 Å². The van der Waals surface area contributed by atoms with Crippen LogP contribution in [-0.2, 0) is 0 Å². The Hall–Kier alpha value is -1.73. The maximum atomic E-state index is 6.52. The van der Waals surface area contributed by atoms with E-state index >= 15 is 0 Å². The Balaban J connectivity index is 1.84. The van der Waals surface area contributed by atoms with Crippen LogP contribution in [0.2, 0.25) is 5.02 Å². The SMILES string of the molecule is Cc1ccc(C2Nc3c(C)ccc(Cl)c3C3C=CCC32)cc1. The van der Waals surface area contributed by atoms with E-state index in [9.17, 15) is 0 Å². The Morgan fingerprint density at radius 2 is 1.82 bits per heavy atom. The second-order valence-corrected chi connectivity index (χ2v) is 6.95. The standard InChI is InChI=1S/C20H20ClN/c1-12-6-9-14(10-7-12)20-16-5-3-4-15(16)18-17(21)11-8-13(2)19(18)22-20/h3-4,6-11,15-16,20,22H,5H2,1-2H3. The molecule has 1 aliphatic heterocycles. The number of fused-ring (bicyclic) bond motifs is 3. The van der Waals surface area contributed by atoms with Crippen LogP contribution in [0.1, 0.15) is 40.6 Å². The first-order valence-electron chi connectivity index (χ1n) is 7.94. The van der Waals surface area contributed by atoms with Crippen LogP contribution in [0.4, 0.5) is 5.69 Å². The van der Waals surface area contributed by atoms with Crippen LogP contribution in [0.5, 0.6) is 0 Å². The van der Waals surface area contributed by atoms with Crippen molar-refractivity contribution in [3.63, 3.8) is 0 Å². The number of hydrogen-bond acceptors (Lipinski definition) is 1. The van der Waals surface area contributed by atoms with Crippen molar-refractivity contribution in [1.82, 2.24) is 0 Å². The van der Waals surface area contributed by atoms with Gasteiger partial charge in [-0.1, -0.05) is 59.6 Å². The maximum absolute atomic E-state index is 6.52. The summed E-state index contributed by atoms with van der Waals surface area (Å²) in [6.45, 7) is 4.30. The Labute approximate surface area is 137 Å². The first-order valence-corrected chi connectivity index (χ1v) is 8.31. The van der Waals surface area contributed by atoms with Gasteiger partial charge in [0.1, 0.15) is 0 Å². The molecular formula is C20H20ClN. The van der Waals surface area contributed by atoms with Gasteiger partial charge in [-0.2, -0.15) is 0 Å². The lowest BCUT2D eigenvalue weighted by Crippen LogP contribution is -2.29. The molecule has 2 aromatic rings. The summed E-state index contributed by atoms with van der Waals surface area (Å²) in [5.41, 5.74) is 6.46. The molecule has 2 aromatic carbocycles. The monoisotopic (exact) mass is 309 g/mol. The Morgan fingerprint density at radius 1 is 1.05 bits per heavy atom. The minimum Gasteiger partial charge on any atom is -0.377 e. The van der Waals surface area contributed by atoms with Crippen molar-refractivity contribution < 1.29 is 0 Å². The van der Waals surface area contributed by atoms with E-state index in [0.29, 0.717) is 17.9 Å². The Bertz CT molecular complexity index is 745. The fourth-order valence-corrected chi connectivity index (χ4v) is 4.20. The predicted octanol–water partition coefficient (Wildman–Crippen LogP) is 5.78. The van der Waals surface area contributed by atoms with Gasteiger partial charge in [0.05, 0.1) is 6.04 Å². The quantitative estimate of drug-likeness (QED) is 0.658. The largest absolute Gasteiger partial charge is 0.377 e. The summed E-state index contributed by atoms with van der Waals surface area (Å²) in [5.74, 6) is 0.976. The molecule has 1 N–H and O–H groups in total. The van der Waals surface area contributed by atoms with E-state index in [1.54, 1.807) is 0 Å². The molecule has 0 spiro atoms. The summed E-state index contributed by atoms with van der Waals surface area (Å²) in [7, 11) is 0. The molecule has 0 aromatic heterocycles. The molecule has 22 heavy (non-hydrogen) atoms. The summed E-state index contributed by atoms with van der Waals surface area (Å²) in [6, 6.07) is 13.4. The molecule has 2 aliphatic rings. The molecule has 4 rings (SSSR count). The summed E-state index contributed by atoms with van der Waals surface area (Å²) >= 11 is 6.52. The molecule has 1 heterocycles. The van der Waals surface area contributed by atoms with Crippen LogP contribution in [0, 0.1) is 19.8 Å². The minimum atomic E-state index is 0.352. The fraction of sp³-hybridized carbons (Fsp3) is 0.300. The zero-order valence-corrected chi connectivity index (χ0v) is 13.7.